The summed E-state index contributed by atoms with van der Waals surface area (Å²) in [5.41, 5.74) is 5.04. The number of allylic oxidation sites excluding steroid dienone is 4. The smallest absolute Gasteiger partial charge is 0.246 e. The number of halogens is 1. The molecule has 1 aliphatic rings. The van der Waals surface area contributed by atoms with Crippen LogP contribution in [0.3, 0.4) is 0 Å². The zero-order valence-corrected chi connectivity index (χ0v) is 37.6. The van der Waals surface area contributed by atoms with Gasteiger partial charge < -0.3 is 20.3 Å². The van der Waals surface area contributed by atoms with Gasteiger partial charge in [-0.05, 0) is 101 Å². The molecule has 2 amide bonds. The number of terminal acetylenes is 1. The third-order valence-electron chi connectivity index (χ3n) is 9.68. The van der Waals surface area contributed by atoms with Crippen LogP contribution < -0.4 is 10.6 Å². The van der Waals surface area contributed by atoms with Crippen molar-refractivity contribution in [3.8, 4) is 12.8 Å². The molecule has 8 nitrogen and oxygen atoms in total. The number of rotatable bonds is 18. The molecule has 1 aromatic carbocycles. The Hall–Kier alpha value is -4.58. The van der Waals surface area contributed by atoms with Crippen molar-refractivity contribution in [2.24, 2.45) is 28.2 Å². The van der Waals surface area contributed by atoms with Gasteiger partial charge in [0, 0.05) is 49.3 Å². The number of fused-ring (bicyclic) bond motifs is 1. The van der Waals surface area contributed by atoms with Crippen LogP contribution in [0.2, 0.25) is 0 Å². The third kappa shape index (κ3) is 17.2. The molecule has 0 bridgehead atoms. The number of aromatic nitrogens is 1. The van der Waals surface area contributed by atoms with E-state index in [9.17, 15) is 9.59 Å². The van der Waals surface area contributed by atoms with E-state index in [-0.39, 0.29) is 35.4 Å². The first-order chi connectivity index (χ1) is 26.8. The maximum Gasteiger partial charge on any atom is 0.246 e. The molecule has 0 spiro atoms. The van der Waals surface area contributed by atoms with E-state index in [0.29, 0.717) is 47.9 Å². The molecule has 3 atom stereocenters. The zero-order chi connectivity index (χ0) is 44.1. The van der Waals surface area contributed by atoms with Gasteiger partial charge in [0.2, 0.25) is 11.8 Å². The van der Waals surface area contributed by atoms with E-state index in [1.165, 1.54) is 0 Å². The molecule has 3 unspecified atom stereocenters. The van der Waals surface area contributed by atoms with Crippen molar-refractivity contribution in [3.05, 3.63) is 77.0 Å². The number of nitrogens with zero attached hydrogens (tertiary/aromatic N) is 3. The minimum absolute atomic E-state index is 0.0140. The summed E-state index contributed by atoms with van der Waals surface area (Å²) >= 11 is 0. The highest BCUT2D eigenvalue weighted by Gasteiger charge is 2.59. The second-order valence-corrected chi connectivity index (χ2v) is 16.7. The van der Waals surface area contributed by atoms with Crippen molar-refractivity contribution in [1.29, 1.82) is 0 Å². The molecule has 1 aliphatic carbocycles. The van der Waals surface area contributed by atoms with Crippen LogP contribution in [0.25, 0.3) is 10.9 Å². The fourth-order valence-corrected chi connectivity index (χ4v) is 6.15. The van der Waals surface area contributed by atoms with E-state index in [1.807, 2.05) is 65.7 Å². The Bertz CT molecular complexity index is 1710. The predicted octanol–water partition coefficient (Wildman–Crippen LogP) is 10.2. The molecule has 1 fully saturated rings. The molecule has 2 N–H and O–H groups in total. The average Bonchev–Trinajstić information content (AvgIpc) is 3.88. The monoisotopic (exact) mass is 788 g/mol. The molecule has 1 heterocycles. The molecule has 3 rings (SSSR count). The Morgan fingerprint density at radius 3 is 2.25 bits per heavy atom. The lowest BCUT2D eigenvalue weighted by Gasteiger charge is -2.20. The van der Waals surface area contributed by atoms with Crippen LogP contribution in [-0.2, 0) is 27.2 Å². The van der Waals surface area contributed by atoms with Gasteiger partial charge in [-0.2, -0.15) is 0 Å². The average molecular weight is 788 g/mol. The minimum Gasteiger partial charge on any atom is -0.379 e. The number of aliphatic imine (C=N–C) groups is 1. The summed E-state index contributed by atoms with van der Waals surface area (Å²) in [6, 6.07) is 5.83. The maximum atomic E-state index is 15.6. The van der Waals surface area contributed by atoms with Gasteiger partial charge in [0.05, 0.1) is 11.4 Å². The van der Waals surface area contributed by atoms with E-state index >= 15 is 4.39 Å². The van der Waals surface area contributed by atoms with Crippen molar-refractivity contribution >= 4 is 35.2 Å². The fourth-order valence-electron chi connectivity index (χ4n) is 6.15. The van der Waals surface area contributed by atoms with E-state index in [4.69, 9.17) is 14.8 Å². The molecule has 0 radical (unpaired) electrons. The Morgan fingerprint density at radius 2 is 1.72 bits per heavy atom. The quantitative estimate of drug-likeness (QED) is 0.0678. The van der Waals surface area contributed by atoms with Crippen molar-refractivity contribution < 1.29 is 18.8 Å². The Morgan fingerprint density at radius 1 is 1.11 bits per heavy atom. The van der Waals surface area contributed by atoms with E-state index in [0.717, 1.165) is 60.3 Å². The fraction of sp³-hybridized carbons (Fsp3) is 0.562. The number of benzene rings is 1. The number of carbonyl (C=O) groups excluding carboxylic acids is 3. The van der Waals surface area contributed by atoms with Crippen LogP contribution in [0.1, 0.15) is 132 Å². The molecule has 0 aliphatic heterocycles. The maximum absolute atomic E-state index is 15.6. The summed E-state index contributed by atoms with van der Waals surface area (Å²) in [6.45, 7) is 29.6. The van der Waals surface area contributed by atoms with Gasteiger partial charge in [-0.1, -0.05) is 92.3 Å². The first-order valence-corrected chi connectivity index (χ1v) is 20.3. The number of hydrogen-bond acceptors (Lipinski definition) is 6. The zero-order valence-electron chi connectivity index (χ0n) is 37.6. The van der Waals surface area contributed by atoms with Gasteiger partial charge in [-0.15, -0.1) is 12.8 Å². The lowest BCUT2D eigenvalue weighted by atomic mass is 9.96. The first-order valence-electron chi connectivity index (χ1n) is 20.3. The van der Waals surface area contributed by atoms with Crippen molar-refractivity contribution in [2.45, 2.75) is 133 Å². The van der Waals surface area contributed by atoms with Crippen LogP contribution in [0.4, 0.5) is 4.39 Å². The highest BCUT2D eigenvalue weighted by atomic mass is 19.1. The second kappa shape index (κ2) is 25.6. The van der Waals surface area contributed by atoms with E-state index < -0.39 is 5.54 Å². The number of pyridine rings is 1. The summed E-state index contributed by atoms with van der Waals surface area (Å²) in [5.74, 6) is -0.594. The number of hydrogen-bond donors (Lipinski definition) is 2. The number of carbonyl (C=O) groups is 3. The molecule has 316 valence electrons. The predicted molar refractivity (Wildman–Crippen MR) is 240 cm³/mol. The molecule has 0 saturated heterocycles. The lowest BCUT2D eigenvalue weighted by molar-refractivity contribution is -0.132. The molecule has 9 heteroatoms. The van der Waals surface area contributed by atoms with Crippen molar-refractivity contribution in [2.75, 3.05) is 20.6 Å². The van der Waals surface area contributed by atoms with E-state index in [1.54, 1.807) is 7.05 Å². The van der Waals surface area contributed by atoms with Gasteiger partial charge in [0.15, 0.2) is 5.82 Å². The Balaban J connectivity index is 0.00000317. The topological polar surface area (TPSA) is 104 Å². The SMILES string of the molecule is C#C.C=C(C)N(C)CCCC/C=C\C1CC1(NC(=O)C(C)CCCc1cc(C(C)=N/C(=C\C)C(C)C)nc2c(F)c(CC)ccc12)C(=O)NC.C=O.CC(C)(C)C. The first kappa shape index (κ1) is 52.4. The summed E-state index contributed by atoms with van der Waals surface area (Å²) in [7, 11) is 3.67. The highest BCUT2D eigenvalue weighted by molar-refractivity contribution is 6.00. The molecular formula is C48H74FN5O3. The normalized spacial score (nSPS) is 17.0. The molecule has 1 aromatic heterocycles. The lowest BCUT2D eigenvalue weighted by Crippen LogP contribution is -2.50. The number of unbranched alkanes of at least 4 members (excludes halogenated alkanes) is 2. The van der Waals surface area contributed by atoms with Crippen LogP contribution in [0.5, 0.6) is 0 Å². The number of likely N-dealkylation sites (N-methyl/N-ethyl adjacent to an activating group) is 1. The van der Waals surface area contributed by atoms with Gasteiger partial charge in [-0.3, -0.25) is 14.6 Å². The summed E-state index contributed by atoms with van der Waals surface area (Å²) < 4.78 is 15.6. The molecule has 57 heavy (non-hydrogen) atoms. The Labute approximate surface area is 345 Å². The van der Waals surface area contributed by atoms with Crippen molar-refractivity contribution in [3.63, 3.8) is 0 Å². The summed E-state index contributed by atoms with van der Waals surface area (Å²) in [4.78, 5) is 46.0. The van der Waals surface area contributed by atoms with Gasteiger partial charge >= 0.3 is 0 Å². The van der Waals surface area contributed by atoms with Crippen LogP contribution >= 0.6 is 0 Å². The second-order valence-electron chi connectivity index (χ2n) is 16.7. The number of aryl methyl sites for hydroxylation is 2. The molecular weight excluding hydrogens is 714 g/mol. The molecule has 2 aromatic rings. The third-order valence-corrected chi connectivity index (χ3v) is 9.68. The van der Waals surface area contributed by atoms with Crippen molar-refractivity contribution in [1.82, 2.24) is 20.5 Å². The van der Waals surface area contributed by atoms with Crippen LogP contribution in [0, 0.1) is 41.8 Å². The van der Waals surface area contributed by atoms with Gasteiger partial charge in [0.25, 0.3) is 0 Å². The standard InChI is InChI=1S/C40H58FN5O2.C5H12.C2H2.CH2O/c1-11-30-21-22-33-31(24-35(44-37(33)36(30)41)29(8)43-34(12-2)26(3)4)19-17-18-28(7)38(47)45-40(39(48)42-9)25-32(40)20-15-13-14-16-23-46(10)27(5)6;1-5(2,3)4;2*1-2/h12,15,20-22,24,26,28,32H,5,11,13-14,16-19,23,25H2,1-4,6-10H3,(H,42,48)(H,45,47);1-4H3;1-2H;1H2/b20-15-,34-12-,43-29?;;;. The summed E-state index contributed by atoms with van der Waals surface area (Å²) in [5, 5.41) is 6.65. The number of amides is 2. The Kier molecular flexibility index (Phi) is 23.6. The highest BCUT2D eigenvalue weighted by Crippen LogP contribution is 2.45. The largest absolute Gasteiger partial charge is 0.379 e. The number of nitrogens with one attached hydrogen (secondary N) is 2. The minimum atomic E-state index is -0.889. The van der Waals surface area contributed by atoms with Gasteiger partial charge in [0.1, 0.15) is 17.8 Å². The summed E-state index contributed by atoms with van der Waals surface area (Å²) in [6.07, 6.45) is 20.5. The van der Waals surface area contributed by atoms with Crippen LogP contribution in [0.15, 0.2) is 59.4 Å². The molecule has 1 saturated carbocycles. The van der Waals surface area contributed by atoms with E-state index in [2.05, 4.69) is 95.7 Å². The van der Waals surface area contributed by atoms with Crippen LogP contribution in [-0.4, -0.2) is 60.4 Å². The van der Waals surface area contributed by atoms with Gasteiger partial charge in [-0.25, -0.2) is 9.37 Å².